The molecule has 0 aliphatic rings. The van der Waals surface area contributed by atoms with E-state index in [1.807, 2.05) is 38.1 Å². The number of hydrazone groups is 1. The average Bonchev–Trinajstić information content (AvgIpc) is 2.70. The number of nitrogens with one attached hydrogen (secondary N) is 1. The zero-order valence-electron chi connectivity index (χ0n) is 16.7. The van der Waals surface area contributed by atoms with Crippen LogP contribution >= 0.6 is 0 Å². The molecular weight excluding hydrogens is 374 g/mol. The molecule has 0 aliphatic carbocycles. The Balaban J connectivity index is 1.74. The van der Waals surface area contributed by atoms with Gasteiger partial charge in [-0.1, -0.05) is 18.2 Å². The predicted octanol–water partition coefficient (Wildman–Crippen LogP) is 2.87. The first-order valence-corrected chi connectivity index (χ1v) is 9.34. The van der Waals surface area contributed by atoms with Gasteiger partial charge in [0.15, 0.2) is 11.5 Å². The zero-order valence-corrected chi connectivity index (χ0v) is 16.7. The van der Waals surface area contributed by atoms with Crippen LogP contribution in [0.2, 0.25) is 0 Å². The van der Waals surface area contributed by atoms with Gasteiger partial charge in [-0.15, -0.1) is 0 Å². The summed E-state index contributed by atoms with van der Waals surface area (Å²) in [5.41, 5.74) is 8.94. The molecule has 0 saturated carbocycles. The van der Waals surface area contributed by atoms with E-state index in [9.17, 15) is 4.79 Å². The van der Waals surface area contributed by atoms with E-state index in [-0.39, 0.29) is 0 Å². The van der Waals surface area contributed by atoms with Crippen LogP contribution in [0.15, 0.2) is 47.6 Å². The molecule has 0 atom stereocenters. The van der Waals surface area contributed by atoms with E-state index >= 15 is 0 Å². The number of ether oxygens (including phenoxy) is 4. The number of urea groups is 1. The molecule has 8 nitrogen and oxygen atoms in total. The normalized spacial score (nSPS) is 10.7. The Morgan fingerprint density at radius 3 is 2.41 bits per heavy atom. The molecule has 0 heterocycles. The minimum absolute atomic E-state index is 0.376. The second-order valence-corrected chi connectivity index (χ2v) is 5.95. The van der Waals surface area contributed by atoms with Crippen LogP contribution in [0.25, 0.3) is 0 Å². The van der Waals surface area contributed by atoms with Crippen LogP contribution < -0.4 is 25.4 Å². The lowest BCUT2D eigenvalue weighted by Gasteiger charge is -2.13. The number of carbonyl (C=O) groups is 1. The molecule has 156 valence electrons. The van der Waals surface area contributed by atoms with Gasteiger partial charge in [0.1, 0.15) is 19.0 Å². The number of nitrogens with two attached hydrogens (primary N) is 1. The summed E-state index contributed by atoms with van der Waals surface area (Å²) in [6.45, 7) is 6.13. The lowest BCUT2D eigenvalue weighted by molar-refractivity contribution is 0.0754. The minimum Gasteiger partial charge on any atom is -0.491 e. The Kier molecular flexibility index (Phi) is 9.31. The van der Waals surface area contributed by atoms with Crippen LogP contribution in [-0.2, 0) is 4.74 Å². The summed E-state index contributed by atoms with van der Waals surface area (Å²) >= 11 is 0. The van der Waals surface area contributed by atoms with Crippen molar-refractivity contribution in [2.45, 2.75) is 13.8 Å². The van der Waals surface area contributed by atoms with Crippen LogP contribution in [0.3, 0.4) is 0 Å². The Hall–Kier alpha value is -3.26. The molecule has 0 aliphatic heterocycles. The van der Waals surface area contributed by atoms with Gasteiger partial charge in [-0.2, -0.15) is 5.10 Å². The maximum absolute atomic E-state index is 10.6. The smallest absolute Gasteiger partial charge is 0.332 e. The first kappa shape index (κ1) is 22.0. The van der Waals surface area contributed by atoms with E-state index in [0.717, 1.165) is 16.9 Å². The summed E-state index contributed by atoms with van der Waals surface area (Å²) in [6.07, 6.45) is 1.47. The SMILES string of the molecule is CCOc1cc(/C=N\NC(N)=O)ccc1OCCOCCOc1ccccc1C. The van der Waals surface area contributed by atoms with Crippen LogP contribution in [-0.4, -0.2) is 45.3 Å². The number of para-hydroxylation sites is 1. The van der Waals surface area contributed by atoms with Gasteiger partial charge in [-0.25, -0.2) is 10.2 Å². The summed E-state index contributed by atoms with van der Waals surface area (Å²) in [5.74, 6) is 2.05. The van der Waals surface area contributed by atoms with Gasteiger partial charge in [0, 0.05) is 0 Å². The Morgan fingerprint density at radius 1 is 1.00 bits per heavy atom. The lowest BCUT2D eigenvalue weighted by Crippen LogP contribution is -2.24. The van der Waals surface area contributed by atoms with Crippen molar-refractivity contribution in [1.29, 1.82) is 0 Å². The van der Waals surface area contributed by atoms with Gasteiger partial charge in [-0.05, 0) is 49.2 Å². The van der Waals surface area contributed by atoms with Crippen molar-refractivity contribution in [3.8, 4) is 17.2 Å². The van der Waals surface area contributed by atoms with Gasteiger partial charge >= 0.3 is 6.03 Å². The fourth-order valence-electron chi connectivity index (χ4n) is 2.40. The molecular formula is C21H27N3O5. The zero-order chi connectivity index (χ0) is 20.9. The van der Waals surface area contributed by atoms with E-state index in [1.165, 1.54) is 6.21 Å². The van der Waals surface area contributed by atoms with Crippen molar-refractivity contribution >= 4 is 12.2 Å². The molecule has 0 fully saturated rings. The number of aryl methyl sites for hydroxylation is 1. The van der Waals surface area contributed by atoms with Gasteiger partial charge in [0.25, 0.3) is 0 Å². The topological polar surface area (TPSA) is 104 Å². The minimum atomic E-state index is -0.726. The average molecular weight is 401 g/mol. The molecule has 3 N–H and O–H groups in total. The van der Waals surface area contributed by atoms with Crippen molar-refractivity contribution in [2.75, 3.05) is 33.0 Å². The largest absolute Gasteiger partial charge is 0.491 e. The second-order valence-electron chi connectivity index (χ2n) is 5.95. The number of amides is 2. The molecule has 0 radical (unpaired) electrons. The molecule has 0 spiro atoms. The highest BCUT2D eigenvalue weighted by Gasteiger charge is 2.06. The third kappa shape index (κ3) is 8.10. The van der Waals surface area contributed by atoms with E-state index in [2.05, 4.69) is 10.5 Å². The Morgan fingerprint density at radius 2 is 1.72 bits per heavy atom. The summed E-state index contributed by atoms with van der Waals surface area (Å²) in [7, 11) is 0. The van der Waals surface area contributed by atoms with Gasteiger partial charge < -0.3 is 24.7 Å². The summed E-state index contributed by atoms with van der Waals surface area (Å²) in [4.78, 5) is 10.6. The first-order valence-electron chi connectivity index (χ1n) is 9.34. The lowest BCUT2D eigenvalue weighted by atomic mass is 10.2. The number of primary amides is 1. The van der Waals surface area contributed by atoms with Crippen molar-refractivity contribution in [3.05, 3.63) is 53.6 Å². The van der Waals surface area contributed by atoms with Crippen molar-refractivity contribution in [3.63, 3.8) is 0 Å². The highest BCUT2D eigenvalue weighted by Crippen LogP contribution is 2.28. The Bertz CT molecular complexity index is 811. The number of rotatable bonds is 12. The monoisotopic (exact) mass is 401 g/mol. The molecule has 2 rings (SSSR count). The maximum Gasteiger partial charge on any atom is 0.332 e. The van der Waals surface area contributed by atoms with E-state index in [0.29, 0.717) is 44.5 Å². The maximum atomic E-state index is 10.6. The molecule has 2 aromatic carbocycles. The van der Waals surface area contributed by atoms with Gasteiger partial charge in [0.2, 0.25) is 0 Å². The van der Waals surface area contributed by atoms with Crippen molar-refractivity contribution in [2.24, 2.45) is 10.8 Å². The van der Waals surface area contributed by atoms with Crippen LogP contribution in [0.5, 0.6) is 17.2 Å². The third-order valence-electron chi connectivity index (χ3n) is 3.72. The predicted molar refractivity (Wildman–Crippen MR) is 111 cm³/mol. The van der Waals surface area contributed by atoms with Crippen molar-refractivity contribution in [1.82, 2.24) is 5.43 Å². The number of nitrogens with zero attached hydrogens (tertiary/aromatic N) is 1. The van der Waals surface area contributed by atoms with E-state index < -0.39 is 6.03 Å². The molecule has 0 unspecified atom stereocenters. The standard InChI is InChI=1S/C21H27N3O5/c1-3-27-20-14-17(15-23-24-21(22)25)8-9-19(20)29-13-11-26-10-12-28-18-7-5-4-6-16(18)2/h4-9,14-15H,3,10-13H2,1-2H3,(H3,22,24,25)/b23-15-. The van der Waals surface area contributed by atoms with Crippen LogP contribution in [0.4, 0.5) is 4.79 Å². The highest BCUT2D eigenvalue weighted by atomic mass is 16.6. The summed E-state index contributed by atoms with van der Waals surface area (Å²) < 4.78 is 22.6. The number of carbonyl (C=O) groups excluding carboxylic acids is 1. The number of hydrogen-bond donors (Lipinski definition) is 2. The first-order chi connectivity index (χ1) is 14.1. The van der Waals surface area contributed by atoms with Crippen LogP contribution in [0, 0.1) is 6.92 Å². The van der Waals surface area contributed by atoms with Crippen LogP contribution in [0.1, 0.15) is 18.1 Å². The molecule has 2 amide bonds. The van der Waals surface area contributed by atoms with E-state index in [1.54, 1.807) is 18.2 Å². The number of hydrogen-bond acceptors (Lipinski definition) is 6. The summed E-state index contributed by atoms with van der Waals surface area (Å²) in [5, 5.41) is 3.73. The quantitative estimate of drug-likeness (QED) is 0.323. The Labute approximate surface area is 170 Å². The second kappa shape index (κ2) is 12.2. The fourth-order valence-corrected chi connectivity index (χ4v) is 2.40. The molecule has 0 bridgehead atoms. The van der Waals surface area contributed by atoms with Gasteiger partial charge in [-0.3, -0.25) is 0 Å². The van der Waals surface area contributed by atoms with Gasteiger partial charge in [0.05, 0.1) is 26.0 Å². The molecule has 0 aromatic heterocycles. The third-order valence-corrected chi connectivity index (χ3v) is 3.72. The van der Waals surface area contributed by atoms with E-state index in [4.69, 9.17) is 24.7 Å². The van der Waals surface area contributed by atoms with Crippen molar-refractivity contribution < 1.29 is 23.7 Å². The molecule has 8 heteroatoms. The molecule has 0 saturated heterocycles. The summed E-state index contributed by atoms with van der Waals surface area (Å²) in [6, 6.07) is 12.5. The fraction of sp³-hybridized carbons (Fsp3) is 0.333. The molecule has 29 heavy (non-hydrogen) atoms. The molecule has 2 aromatic rings. The highest BCUT2D eigenvalue weighted by molar-refractivity contribution is 5.82. The number of benzene rings is 2.